The van der Waals surface area contributed by atoms with Crippen LogP contribution in [0.5, 0.6) is 0 Å². The van der Waals surface area contributed by atoms with Crippen molar-refractivity contribution in [1.29, 1.82) is 0 Å². The fourth-order valence-corrected chi connectivity index (χ4v) is 3.59. The number of nitrogens with zero attached hydrogens (tertiary/aromatic N) is 2. The van der Waals surface area contributed by atoms with Crippen molar-refractivity contribution in [1.82, 2.24) is 5.32 Å². The SMILES string of the molecule is O=C1NC(=Nc2ccccc2Cl)SC1=Cc1ccc(-c2ccc([N+](=O)[O-])cc2)o1. The highest BCUT2D eigenvalue weighted by atomic mass is 35.5. The summed E-state index contributed by atoms with van der Waals surface area (Å²) >= 11 is 7.28. The molecular weight excluding hydrogens is 414 g/mol. The van der Waals surface area contributed by atoms with E-state index in [-0.39, 0.29) is 11.6 Å². The third-order valence-corrected chi connectivity index (χ3v) is 5.22. The zero-order chi connectivity index (χ0) is 20.4. The molecule has 3 aromatic rings. The summed E-state index contributed by atoms with van der Waals surface area (Å²) in [5.74, 6) is 0.740. The first-order valence-electron chi connectivity index (χ1n) is 8.38. The second-order valence-electron chi connectivity index (χ2n) is 5.94. The van der Waals surface area contributed by atoms with Crippen molar-refractivity contribution >= 4 is 51.9 Å². The molecular formula is C20H12ClN3O4S. The first kappa shape index (κ1) is 19.0. The van der Waals surface area contributed by atoms with E-state index >= 15 is 0 Å². The van der Waals surface area contributed by atoms with Crippen molar-refractivity contribution in [2.24, 2.45) is 4.99 Å². The van der Waals surface area contributed by atoms with Crippen molar-refractivity contribution in [3.8, 4) is 11.3 Å². The Labute approximate surface area is 174 Å². The fourth-order valence-electron chi connectivity index (χ4n) is 2.59. The summed E-state index contributed by atoms with van der Waals surface area (Å²) in [6, 6.07) is 16.6. The third-order valence-electron chi connectivity index (χ3n) is 3.99. The molecule has 1 amide bonds. The zero-order valence-electron chi connectivity index (χ0n) is 14.7. The minimum Gasteiger partial charge on any atom is -0.457 e. The molecule has 1 fully saturated rings. The van der Waals surface area contributed by atoms with Gasteiger partial charge in [0.2, 0.25) is 0 Å². The molecule has 0 aliphatic carbocycles. The van der Waals surface area contributed by atoms with Crippen LogP contribution in [0.4, 0.5) is 11.4 Å². The number of hydrogen-bond acceptors (Lipinski definition) is 6. The molecule has 1 N–H and O–H groups in total. The van der Waals surface area contributed by atoms with Gasteiger partial charge in [-0.15, -0.1) is 0 Å². The number of non-ortho nitro benzene ring substituents is 1. The molecule has 1 aromatic heterocycles. The number of thioether (sulfide) groups is 1. The molecule has 1 saturated heterocycles. The van der Waals surface area contributed by atoms with Crippen LogP contribution in [0, 0.1) is 10.1 Å². The van der Waals surface area contributed by atoms with Crippen molar-refractivity contribution in [2.75, 3.05) is 0 Å². The highest BCUT2D eigenvalue weighted by molar-refractivity contribution is 8.18. The van der Waals surface area contributed by atoms with Crippen LogP contribution in [0.15, 0.2) is 75.0 Å². The number of furan rings is 1. The minimum absolute atomic E-state index is 0.00649. The molecule has 0 unspecified atom stereocenters. The van der Waals surface area contributed by atoms with Crippen LogP contribution in [0.3, 0.4) is 0 Å². The van der Waals surface area contributed by atoms with E-state index < -0.39 is 4.92 Å². The number of para-hydroxylation sites is 1. The lowest BCUT2D eigenvalue weighted by Gasteiger charge is -1.98. The molecule has 2 aromatic carbocycles. The van der Waals surface area contributed by atoms with E-state index in [1.165, 1.54) is 23.9 Å². The Balaban J connectivity index is 1.54. The first-order valence-corrected chi connectivity index (χ1v) is 9.58. The third kappa shape index (κ3) is 4.23. The molecule has 2 heterocycles. The Bertz CT molecular complexity index is 1170. The monoisotopic (exact) mass is 425 g/mol. The predicted octanol–water partition coefficient (Wildman–Crippen LogP) is 5.40. The van der Waals surface area contributed by atoms with E-state index in [0.717, 1.165) is 0 Å². The van der Waals surface area contributed by atoms with Crippen LogP contribution in [0.2, 0.25) is 5.02 Å². The first-order chi connectivity index (χ1) is 14.0. The number of aliphatic imine (C=N–C) groups is 1. The van der Waals surface area contributed by atoms with Crippen molar-refractivity contribution < 1.29 is 14.1 Å². The van der Waals surface area contributed by atoms with E-state index in [9.17, 15) is 14.9 Å². The van der Waals surface area contributed by atoms with Gasteiger partial charge in [-0.2, -0.15) is 0 Å². The second kappa shape index (κ2) is 7.94. The summed E-state index contributed by atoms with van der Waals surface area (Å²) in [7, 11) is 0. The van der Waals surface area contributed by atoms with Gasteiger partial charge in [0.25, 0.3) is 11.6 Å². The average Bonchev–Trinajstić information content (AvgIpc) is 3.31. The second-order valence-corrected chi connectivity index (χ2v) is 7.38. The summed E-state index contributed by atoms with van der Waals surface area (Å²) < 4.78 is 5.75. The Morgan fingerprint density at radius 3 is 2.59 bits per heavy atom. The van der Waals surface area contributed by atoms with Gasteiger partial charge in [0.05, 0.1) is 20.5 Å². The van der Waals surface area contributed by atoms with Crippen molar-refractivity contribution in [3.05, 3.63) is 86.5 Å². The van der Waals surface area contributed by atoms with E-state index in [2.05, 4.69) is 10.3 Å². The maximum Gasteiger partial charge on any atom is 0.269 e. The predicted molar refractivity (Wildman–Crippen MR) is 113 cm³/mol. The number of nitrogens with one attached hydrogen (secondary N) is 1. The van der Waals surface area contributed by atoms with Gasteiger partial charge in [-0.3, -0.25) is 14.9 Å². The number of amides is 1. The van der Waals surface area contributed by atoms with Gasteiger partial charge in [-0.25, -0.2) is 4.99 Å². The topological polar surface area (TPSA) is 97.7 Å². The van der Waals surface area contributed by atoms with Crippen molar-refractivity contribution in [2.45, 2.75) is 0 Å². The fraction of sp³-hybridized carbons (Fsp3) is 0. The highest BCUT2D eigenvalue weighted by Crippen LogP contribution is 2.32. The maximum atomic E-state index is 12.2. The Kier molecular flexibility index (Phi) is 5.20. The number of nitro benzene ring substituents is 1. The standard InChI is InChI=1S/C20H12ClN3O4S/c21-15-3-1-2-4-16(15)22-20-23-19(25)18(29-20)11-14-9-10-17(28-14)12-5-7-13(8-6-12)24(26)27/h1-11H,(H,22,23,25). The van der Waals surface area contributed by atoms with Gasteiger partial charge in [0.1, 0.15) is 11.5 Å². The van der Waals surface area contributed by atoms with E-state index in [4.69, 9.17) is 16.0 Å². The van der Waals surface area contributed by atoms with Crippen LogP contribution in [-0.2, 0) is 4.79 Å². The molecule has 1 aliphatic heterocycles. The molecule has 0 radical (unpaired) electrons. The smallest absolute Gasteiger partial charge is 0.269 e. The van der Waals surface area contributed by atoms with Crippen molar-refractivity contribution in [3.63, 3.8) is 0 Å². The van der Waals surface area contributed by atoms with Crippen LogP contribution >= 0.6 is 23.4 Å². The number of amidine groups is 1. The number of halogens is 1. The number of nitro groups is 1. The van der Waals surface area contributed by atoms with Crippen LogP contribution < -0.4 is 5.32 Å². The van der Waals surface area contributed by atoms with Crippen LogP contribution in [-0.4, -0.2) is 16.0 Å². The number of carbonyl (C=O) groups excluding carboxylic acids is 1. The molecule has 4 rings (SSSR count). The average molecular weight is 426 g/mol. The molecule has 7 nitrogen and oxygen atoms in total. The van der Waals surface area contributed by atoms with Gasteiger partial charge >= 0.3 is 0 Å². The molecule has 0 atom stereocenters. The van der Waals surface area contributed by atoms with E-state index in [1.54, 1.807) is 48.5 Å². The van der Waals surface area contributed by atoms with Gasteiger partial charge in [0.15, 0.2) is 5.17 Å². The van der Waals surface area contributed by atoms with E-state index in [1.807, 2.05) is 6.07 Å². The number of benzene rings is 2. The Hall–Kier alpha value is -3.36. The summed E-state index contributed by atoms with van der Waals surface area (Å²) in [4.78, 5) is 27.3. The molecule has 144 valence electrons. The lowest BCUT2D eigenvalue weighted by Crippen LogP contribution is -2.19. The molecule has 9 heteroatoms. The lowest BCUT2D eigenvalue weighted by molar-refractivity contribution is -0.384. The summed E-state index contributed by atoms with van der Waals surface area (Å²) in [5.41, 5.74) is 1.27. The van der Waals surface area contributed by atoms with Crippen LogP contribution in [0.1, 0.15) is 5.76 Å². The van der Waals surface area contributed by atoms with Crippen LogP contribution in [0.25, 0.3) is 17.4 Å². The Morgan fingerprint density at radius 2 is 1.86 bits per heavy atom. The number of hydrogen-bond donors (Lipinski definition) is 1. The number of carbonyl (C=O) groups is 1. The summed E-state index contributed by atoms with van der Waals surface area (Å²) in [6.45, 7) is 0. The van der Waals surface area contributed by atoms with E-state index in [0.29, 0.717) is 37.9 Å². The van der Waals surface area contributed by atoms with Gasteiger partial charge in [-0.1, -0.05) is 23.7 Å². The molecule has 1 aliphatic rings. The Morgan fingerprint density at radius 1 is 1.10 bits per heavy atom. The lowest BCUT2D eigenvalue weighted by atomic mass is 10.1. The van der Waals surface area contributed by atoms with Gasteiger partial charge in [0, 0.05) is 23.8 Å². The van der Waals surface area contributed by atoms with Gasteiger partial charge in [-0.05, 0) is 48.2 Å². The molecule has 0 spiro atoms. The zero-order valence-corrected chi connectivity index (χ0v) is 16.2. The molecule has 0 saturated carbocycles. The normalized spacial score (nSPS) is 16.4. The quantitative estimate of drug-likeness (QED) is 0.343. The largest absolute Gasteiger partial charge is 0.457 e. The minimum atomic E-state index is -0.459. The summed E-state index contributed by atoms with van der Waals surface area (Å²) in [5, 5.41) is 14.4. The maximum absolute atomic E-state index is 12.2. The number of rotatable bonds is 4. The highest BCUT2D eigenvalue weighted by Gasteiger charge is 2.24. The molecule has 29 heavy (non-hydrogen) atoms. The molecule has 0 bridgehead atoms. The summed E-state index contributed by atoms with van der Waals surface area (Å²) in [6.07, 6.45) is 1.62. The van der Waals surface area contributed by atoms with Gasteiger partial charge < -0.3 is 9.73 Å².